The third-order valence-corrected chi connectivity index (χ3v) is 3.37. The minimum absolute atomic E-state index is 0.0174. The average molecular weight is 373 g/mol. The van der Waals surface area contributed by atoms with Crippen LogP contribution < -0.4 is 0 Å². The van der Waals surface area contributed by atoms with Crippen molar-refractivity contribution in [3.8, 4) is 11.8 Å². The summed E-state index contributed by atoms with van der Waals surface area (Å²) in [5, 5.41) is 0. The molecule has 0 saturated heterocycles. The first kappa shape index (κ1) is 24.9. The van der Waals surface area contributed by atoms with Crippen LogP contribution in [-0.4, -0.2) is 50.6 Å². The van der Waals surface area contributed by atoms with Crippen molar-refractivity contribution < 1.29 is 28.5 Å². The number of ether oxygens (including phenoxy) is 5. The lowest BCUT2D eigenvalue weighted by molar-refractivity contribution is -0.321. The fraction of sp³-hybridized carbons (Fsp3) is 0.850. The molecule has 0 aliphatic rings. The predicted octanol–water partition coefficient (Wildman–Crippen LogP) is 3.38. The van der Waals surface area contributed by atoms with E-state index in [1.54, 1.807) is 13.8 Å². The number of hydrogen-bond donors (Lipinski definition) is 0. The van der Waals surface area contributed by atoms with Crippen molar-refractivity contribution in [1.29, 1.82) is 0 Å². The molecule has 0 radical (unpaired) electrons. The molecular formula is C20H36O6. The molecule has 0 aromatic heterocycles. The van der Waals surface area contributed by atoms with Gasteiger partial charge in [0.05, 0.1) is 5.92 Å². The van der Waals surface area contributed by atoms with E-state index in [0.29, 0.717) is 26.4 Å². The zero-order valence-corrected chi connectivity index (χ0v) is 17.6. The lowest BCUT2D eigenvalue weighted by atomic mass is 10.1. The molecule has 0 aliphatic carbocycles. The fourth-order valence-electron chi connectivity index (χ4n) is 2.07. The molecule has 6 heteroatoms. The van der Waals surface area contributed by atoms with Gasteiger partial charge in [0.15, 0.2) is 6.10 Å². The number of carbonyl (C=O) groups excluding carboxylic acids is 1. The first-order valence-electron chi connectivity index (χ1n) is 9.52. The molecule has 0 aromatic carbocycles. The molecule has 26 heavy (non-hydrogen) atoms. The SMILES string of the molecule is CCOC(OCC)C(C#CC(OC(=O)C(C)C)C(C)C)(OCC)OCC. The molecule has 1 atom stereocenters. The van der Waals surface area contributed by atoms with E-state index in [1.807, 2.05) is 41.5 Å². The van der Waals surface area contributed by atoms with Crippen LogP contribution in [-0.2, 0) is 28.5 Å². The van der Waals surface area contributed by atoms with Crippen LogP contribution in [0.5, 0.6) is 0 Å². The van der Waals surface area contributed by atoms with Crippen LogP contribution in [0.1, 0.15) is 55.4 Å². The Bertz CT molecular complexity index is 437. The van der Waals surface area contributed by atoms with E-state index < -0.39 is 18.2 Å². The highest BCUT2D eigenvalue weighted by molar-refractivity contribution is 5.72. The van der Waals surface area contributed by atoms with Gasteiger partial charge in [0.2, 0.25) is 6.29 Å². The van der Waals surface area contributed by atoms with E-state index in [1.165, 1.54) is 0 Å². The summed E-state index contributed by atoms with van der Waals surface area (Å²) in [6.07, 6.45) is -1.38. The van der Waals surface area contributed by atoms with Crippen molar-refractivity contribution in [2.24, 2.45) is 11.8 Å². The van der Waals surface area contributed by atoms with Crippen molar-refractivity contribution >= 4 is 5.97 Å². The standard InChI is InChI=1S/C20H36O6/c1-9-22-19(23-10-2)20(24-11-3,25-12-4)14-13-17(15(5)6)26-18(21)16(7)8/h15-17,19H,9-12H2,1-8H3. The molecule has 0 bridgehead atoms. The Kier molecular flexibility index (Phi) is 12.5. The summed E-state index contributed by atoms with van der Waals surface area (Å²) in [4.78, 5) is 12.0. The minimum Gasteiger partial charge on any atom is -0.449 e. The second kappa shape index (κ2) is 13.1. The maximum absolute atomic E-state index is 12.0. The highest BCUT2D eigenvalue weighted by atomic mass is 16.8. The first-order valence-corrected chi connectivity index (χ1v) is 9.52. The highest BCUT2D eigenvalue weighted by Gasteiger charge is 2.42. The number of esters is 1. The van der Waals surface area contributed by atoms with Crippen LogP contribution in [0.2, 0.25) is 0 Å². The second-order valence-corrected chi connectivity index (χ2v) is 6.30. The van der Waals surface area contributed by atoms with E-state index in [-0.39, 0.29) is 17.8 Å². The van der Waals surface area contributed by atoms with Crippen LogP contribution in [0.3, 0.4) is 0 Å². The maximum Gasteiger partial charge on any atom is 0.309 e. The highest BCUT2D eigenvalue weighted by Crippen LogP contribution is 2.23. The zero-order valence-electron chi connectivity index (χ0n) is 17.6. The van der Waals surface area contributed by atoms with Gasteiger partial charge in [-0.15, -0.1) is 0 Å². The van der Waals surface area contributed by atoms with E-state index >= 15 is 0 Å². The maximum atomic E-state index is 12.0. The topological polar surface area (TPSA) is 63.2 Å². The molecule has 0 fully saturated rings. The Labute approximate surface area is 158 Å². The van der Waals surface area contributed by atoms with Gasteiger partial charge in [0.1, 0.15) is 0 Å². The first-order chi connectivity index (χ1) is 12.3. The van der Waals surface area contributed by atoms with Crippen LogP contribution in [0.4, 0.5) is 0 Å². The quantitative estimate of drug-likeness (QED) is 0.297. The summed E-state index contributed by atoms with van der Waals surface area (Å²) in [6, 6.07) is 0. The summed E-state index contributed by atoms with van der Waals surface area (Å²) in [6.45, 7) is 16.5. The van der Waals surface area contributed by atoms with E-state index in [4.69, 9.17) is 23.7 Å². The normalized spacial score (nSPS) is 13.0. The minimum atomic E-state index is -1.38. The molecule has 152 valence electrons. The summed E-state index contributed by atoms with van der Waals surface area (Å²) in [7, 11) is 0. The van der Waals surface area contributed by atoms with Crippen molar-refractivity contribution in [3.05, 3.63) is 0 Å². The zero-order chi connectivity index (χ0) is 20.2. The molecule has 0 amide bonds. The molecular weight excluding hydrogens is 336 g/mol. The van der Waals surface area contributed by atoms with Crippen molar-refractivity contribution in [3.63, 3.8) is 0 Å². The van der Waals surface area contributed by atoms with E-state index in [9.17, 15) is 4.79 Å². The van der Waals surface area contributed by atoms with Crippen molar-refractivity contribution in [2.75, 3.05) is 26.4 Å². The number of carbonyl (C=O) groups is 1. The van der Waals surface area contributed by atoms with Gasteiger partial charge in [-0.1, -0.05) is 33.6 Å². The van der Waals surface area contributed by atoms with Gasteiger partial charge >= 0.3 is 5.97 Å². The smallest absolute Gasteiger partial charge is 0.309 e. The molecule has 0 rings (SSSR count). The average Bonchev–Trinajstić information content (AvgIpc) is 2.57. The van der Waals surface area contributed by atoms with Crippen LogP contribution >= 0.6 is 0 Å². The van der Waals surface area contributed by atoms with Crippen molar-refractivity contribution in [2.45, 2.75) is 73.6 Å². The fourth-order valence-corrected chi connectivity index (χ4v) is 2.07. The number of rotatable bonds is 12. The van der Waals surface area contributed by atoms with Gasteiger partial charge in [-0.2, -0.15) is 0 Å². The molecule has 0 N–H and O–H groups in total. The summed E-state index contributed by atoms with van der Waals surface area (Å²) >= 11 is 0. The van der Waals surface area contributed by atoms with Gasteiger partial charge in [0, 0.05) is 32.3 Å². The summed E-state index contributed by atoms with van der Waals surface area (Å²) < 4.78 is 28.6. The summed E-state index contributed by atoms with van der Waals surface area (Å²) in [5.41, 5.74) is 0. The van der Waals surface area contributed by atoms with Gasteiger partial charge in [-0.25, -0.2) is 0 Å². The Balaban J connectivity index is 5.80. The van der Waals surface area contributed by atoms with Crippen LogP contribution in [0.25, 0.3) is 0 Å². The Morgan fingerprint density at radius 2 is 1.38 bits per heavy atom. The molecule has 0 heterocycles. The molecule has 1 unspecified atom stereocenters. The lowest BCUT2D eigenvalue weighted by Crippen LogP contribution is -2.49. The monoisotopic (exact) mass is 372 g/mol. The van der Waals surface area contributed by atoms with Crippen LogP contribution in [0.15, 0.2) is 0 Å². The Morgan fingerprint density at radius 1 is 0.885 bits per heavy atom. The Morgan fingerprint density at radius 3 is 1.73 bits per heavy atom. The predicted molar refractivity (Wildman–Crippen MR) is 100 cm³/mol. The van der Waals surface area contributed by atoms with Gasteiger partial charge in [0.25, 0.3) is 5.79 Å². The van der Waals surface area contributed by atoms with E-state index in [0.717, 1.165) is 0 Å². The Hall–Kier alpha value is -1.13. The lowest BCUT2D eigenvalue weighted by Gasteiger charge is -2.34. The largest absolute Gasteiger partial charge is 0.449 e. The number of hydrogen-bond acceptors (Lipinski definition) is 6. The van der Waals surface area contributed by atoms with Gasteiger partial charge in [-0.3, -0.25) is 4.79 Å². The van der Waals surface area contributed by atoms with Gasteiger partial charge < -0.3 is 23.7 Å². The van der Waals surface area contributed by atoms with E-state index in [2.05, 4.69) is 11.8 Å². The summed E-state index contributed by atoms with van der Waals surface area (Å²) in [5.74, 6) is 4.14. The van der Waals surface area contributed by atoms with Crippen molar-refractivity contribution in [1.82, 2.24) is 0 Å². The molecule has 0 saturated carbocycles. The molecule has 0 aromatic rings. The molecule has 6 nitrogen and oxygen atoms in total. The third kappa shape index (κ3) is 8.05. The van der Waals surface area contributed by atoms with Crippen LogP contribution in [0, 0.1) is 23.7 Å². The second-order valence-electron chi connectivity index (χ2n) is 6.30. The van der Waals surface area contributed by atoms with Gasteiger partial charge in [-0.05, 0) is 33.6 Å². The third-order valence-electron chi connectivity index (χ3n) is 3.37. The molecule has 0 aliphatic heterocycles. The molecule has 0 spiro atoms.